The summed E-state index contributed by atoms with van der Waals surface area (Å²) in [6.07, 6.45) is 4.71. The molecule has 0 saturated carbocycles. The molecule has 23 heavy (non-hydrogen) atoms. The van der Waals surface area contributed by atoms with Crippen LogP contribution in [0.15, 0.2) is 36.5 Å². The van der Waals surface area contributed by atoms with Crippen molar-refractivity contribution in [3.8, 4) is 5.75 Å². The van der Waals surface area contributed by atoms with Gasteiger partial charge in [-0.25, -0.2) is 0 Å². The van der Waals surface area contributed by atoms with Crippen LogP contribution in [0.4, 0.5) is 0 Å². The van der Waals surface area contributed by atoms with Crippen molar-refractivity contribution in [1.29, 1.82) is 0 Å². The van der Waals surface area contributed by atoms with Crippen molar-refractivity contribution >= 4 is 5.91 Å². The molecular weight excluding hydrogens is 290 g/mol. The smallest absolute Gasteiger partial charge is 0.229 e. The van der Waals surface area contributed by atoms with Crippen molar-refractivity contribution in [2.45, 2.75) is 25.2 Å². The molecule has 1 aromatic heterocycles. The summed E-state index contributed by atoms with van der Waals surface area (Å²) in [6, 6.07) is 10.0. The van der Waals surface area contributed by atoms with E-state index < -0.39 is 0 Å². The minimum Gasteiger partial charge on any atom is -0.492 e. The molecule has 5 heteroatoms. The number of likely N-dealkylation sites (tertiary alicyclic amines) is 1. The number of nitrogens with one attached hydrogen (secondary N) is 1. The number of ether oxygens (including phenoxy) is 1. The SMILES string of the molecule is O=C([C@H]1COc2ccccc2C1)N1CCC[C@H](c2ccn[nH]2)C1. The van der Waals surface area contributed by atoms with Gasteiger partial charge in [0.25, 0.3) is 0 Å². The van der Waals surface area contributed by atoms with Gasteiger partial charge in [-0.3, -0.25) is 9.89 Å². The van der Waals surface area contributed by atoms with E-state index in [2.05, 4.69) is 16.3 Å². The Bertz CT molecular complexity index is 683. The van der Waals surface area contributed by atoms with Crippen LogP contribution in [0.1, 0.15) is 30.0 Å². The predicted octanol–water partition coefficient (Wildman–Crippen LogP) is 2.37. The van der Waals surface area contributed by atoms with Gasteiger partial charge in [-0.15, -0.1) is 0 Å². The summed E-state index contributed by atoms with van der Waals surface area (Å²) in [5.74, 6) is 1.45. The van der Waals surface area contributed by atoms with Gasteiger partial charge in [-0.2, -0.15) is 5.10 Å². The minimum absolute atomic E-state index is 0.0644. The molecule has 2 aromatic rings. The first-order valence-corrected chi connectivity index (χ1v) is 8.30. The van der Waals surface area contributed by atoms with Gasteiger partial charge in [-0.05, 0) is 37.0 Å². The second-order valence-electron chi connectivity index (χ2n) is 6.46. The summed E-state index contributed by atoms with van der Waals surface area (Å²) in [6.45, 7) is 2.11. The highest BCUT2D eigenvalue weighted by molar-refractivity contribution is 5.80. The minimum atomic E-state index is -0.0644. The number of hydrogen-bond donors (Lipinski definition) is 1. The van der Waals surface area contributed by atoms with E-state index in [1.54, 1.807) is 6.20 Å². The van der Waals surface area contributed by atoms with Crippen molar-refractivity contribution in [2.75, 3.05) is 19.7 Å². The molecule has 0 unspecified atom stereocenters. The lowest BCUT2D eigenvalue weighted by Crippen LogP contribution is -2.45. The van der Waals surface area contributed by atoms with Crippen molar-refractivity contribution in [2.24, 2.45) is 5.92 Å². The van der Waals surface area contributed by atoms with E-state index in [1.807, 2.05) is 29.2 Å². The van der Waals surface area contributed by atoms with Gasteiger partial charge < -0.3 is 9.64 Å². The number of carbonyl (C=O) groups excluding carboxylic acids is 1. The molecular formula is C18H21N3O2. The Balaban J connectivity index is 1.45. The molecule has 0 spiro atoms. The lowest BCUT2D eigenvalue weighted by atomic mass is 9.91. The molecule has 0 radical (unpaired) electrons. The standard InChI is InChI=1S/C18H21N3O2/c22-18(15-10-13-4-1-2-6-17(13)23-12-15)21-9-3-5-14(11-21)16-7-8-19-20-16/h1-2,4,6-8,14-15H,3,5,9-12H2,(H,19,20)/t14-,15+/m0/s1. The normalized spacial score (nSPS) is 23.9. The van der Waals surface area contributed by atoms with Gasteiger partial charge >= 0.3 is 0 Å². The van der Waals surface area contributed by atoms with Crippen molar-refractivity contribution < 1.29 is 9.53 Å². The van der Waals surface area contributed by atoms with Crippen LogP contribution in [0.5, 0.6) is 5.75 Å². The van der Waals surface area contributed by atoms with Gasteiger partial charge in [0.1, 0.15) is 12.4 Å². The molecule has 120 valence electrons. The molecule has 3 heterocycles. The Morgan fingerprint density at radius 2 is 2.22 bits per heavy atom. The fourth-order valence-corrected chi connectivity index (χ4v) is 3.67. The molecule has 0 bridgehead atoms. The molecule has 1 fully saturated rings. The third-order valence-corrected chi connectivity index (χ3v) is 4.92. The van der Waals surface area contributed by atoms with Gasteiger partial charge in [0.05, 0.1) is 5.92 Å². The quantitative estimate of drug-likeness (QED) is 0.926. The zero-order chi connectivity index (χ0) is 15.6. The average molecular weight is 311 g/mol. The first kappa shape index (κ1) is 14.3. The molecule has 1 amide bonds. The number of hydrogen-bond acceptors (Lipinski definition) is 3. The number of aromatic nitrogens is 2. The maximum Gasteiger partial charge on any atom is 0.229 e. The molecule has 1 aromatic carbocycles. The number of amides is 1. The van der Waals surface area contributed by atoms with Crippen LogP contribution in [0.3, 0.4) is 0 Å². The van der Waals surface area contributed by atoms with E-state index in [4.69, 9.17) is 4.74 Å². The van der Waals surface area contributed by atoms with Gasteiger partial charge in [0.15, 0.2) is 0 Å². The van der Waals surface area contributed by atoms with E-state index in [9.17, 15) is 4.79 Å². The molecule has 0 aliphatic carbocycles. The maximum atomic E-state index is 12.9. The molecule has 1 saturated heterocycles. The number of nitrogens with zero attached hydrogens (tertiary/aromatic N) is 2. The van der Waals surface area contributed by atoms with Crippen LogP contribution < -0.4 is 4.74 Å². The summed E-state index contributed by atoms with van der Waals surface area (Å²) in [7, 11) is 0. The molecule has 1 N–H and O–H groups in total. The molecule has 2 atom stereocenters. The fourth-order valence-electron chi connectivity index (χ4n) is 3.67. The van der Waals surface area contributed by atoms with Crippen LogP contribution >= 0.6 is 0 Å². The van der Waals surface area contributed by atoms with E-state index in [0.717, 1.165) is 49.4 Å². The number of H-pyrrole nitrogens is 1. The lowest BCUT2D eigenvalue weighted by Gasteiger charge is -2.35. The molecule has 4 rings (SSSR count). The van der Waals surface area contributed by atoms with E-state index >= 15 is 0 Å². The Morgan fingerprint density at radius 1 is 1.30 bits per heavy atom. The van der Waals surface area contributed by atoms with Crippen LogP contribution in [0, 0.1) is 5.92 Å². The first-order valence-electron chi connectivity index (χ1n) is 8.30. The van der Waals surface area contributed by atoms with Crippen LogP contribution in [-0.4, -0.2) is 40.7 Å². The number of fused-ring (bicyclic) bond motifs is 1. The summed E-state index contributed by atoms with van der Waals surface area (Å²) in [5, 5.41) is 7.08. The summed E-state index contributed by atoms with van der Waals surface area (Å²) in [4.78, 5) is 14.9. The Kier molecular flexibility index (Phi) is 3.77. The largest absolute Gasteiger partial charge is 0.492 e. The number of para-hydroxylation sites is 1. The summed E-state index contributed by atoms with van der Waals surface area (Å²) >= 11 is 0. The Labute approximate surface area is 135 Å². The van der Waals surface area contributed by atoms with Gasteiger partial charge in [0, 0.05) is 30.9 Å². The number of aromatic amines is 1. The molecule has 5 nitrogen and oxygen atoms in total. The highest BCUT2D eigenvalue weighted by atomic mass is 16.5. The first-order chi connectivity index (χ1) is 11.3. The lowest BCUT2D eigenvalue weighted by molar-refractivity contribution is -0.138. The van der Waals surface area contributed by atoms with Crippen molar-refractivity contribution in [1.82, 2.24) is 15.1 Å². The second kappa shape index (κ2) is 6.07. The predicted molar refractivity (Wildman–Crippen MR) is 86.3 cm³/mol. The number of piperidine rings is 1. The summed E-state index contributed by atoms with van der Waals surface area (Å²) < 4.78 is 5.78. The van der Waals surface area contributed by atoms with Gasteiger partial charge in [-0.1, -0.05) is 18.2 Å². The van der Waals surface area contributed by atoms with Crippen LogP contribution in [-0.2, 0) is 11.2 Å². The number of benzene rings is 1. The van der Waals surface area contributed by atoms with Crippen molar-refractivity contribution in [3.63, 3.8) is 0 Å². The van der Waals surface area contributed by atoms with Crippen LogP contribution in [0.25, 0.3) is 0 Å². The van der Waals surface area contributed by atoms with Crippen LogP contribution in [0.2, 0.25) is 0 Å². The zero-order valence-electron chi connectivity index (χ0n) is 13.1. The number of carbonyl (C=O) groups is 1. The highest BCUT2D eigenvalue weighted by Gasteiger charge is 2.32. The second-order valence-corrected chi connectivity index (χ2v) is 6.46. The average Bonchev–Trinajstić information content (AvgIpc) is 3.15. The van der Waals surface area contributed by atoms with E-state index in [1.165, 1.54) is 0 Å². The maximum absolute atomic E-state index is 12.9. The monoisotopic (exact) mass is 311 g/mol. The van der Waals surface area contributed by atoms with E-state index in [-0.39, 0.29) is 11.8 Å². The highest BCUT2D eigenvalue weighted by Crippen LogP contribution is 2.30. The third-order valence-electron chi connectivity index (χ3n) is 4.92. The Hall–Kier alpha value is -2.30. The summed E-state index contributed by atoms with van der Waals surface area (Å²) in [5.41, 5.74) is 2.27. The topological polar surface area (TPSA) is 58.2 Å². The Morgan fingerprint density at radius 3 is 3.09 bits per heavy atom. The zero-order valence-corrected chi connectivity index (χ0v) is 13.1. The molecule has 2 aliphatic heterocycles. The third kappa shape index (κ3) is 2.83. The van der Waals surface area contributed by atoms with E-state index in [0.29, 0.717) is 12.5 Å². The van der Waals surface area contributed by atoms with Gasteiger partial charge in [0.2, 0.25) is 5.91 Å². The van der Waals surface area contributed by atoms with Crippen molar-refractivity contribution in [3.05, 3.63) is 47.8 Å². The number of rotatable bonds is 2. The molecule has 2 aliphatic rings. The fraction of sp³-hybridized carbons (Fsp3) is 0.444.